The Kier molecular flexibility index (Phi) is 3.65. The van der Waals surface area contributed by atoms with E-state index in [1.165, 1.54) is 0 Å². The summed E-state index contributed by atoms with van der Waals surface area (Å²) in [5.41, 5.74) is 1.48. The molecule has 0 bridgehead atoms. The number of Topliss-reactive ketones (excluding diaryl/α,β-unsaturated/α-hetero) is 1. The summed E-state index contributed by atoms with van der Waals surface area (Å²) < 4.78 is 10.2. The number of rotatable bonds is 3. The first-order valence-corrected chi connectivity index (χ1v) is 6.05. The molecule has 1 atom stereocenters. The number of carbonyl (C=O) groups is 2. The molecular weight excluding hydrogens is 232 g/mol. The Hall–Kier alpha value is -1.84. The van der Waals surface area contributed by atoms with Gasteiger partial charge in [-0.15, -0.1) is 0 Å². The molecule has 0 radical (unpaired) electrons. The van der Waals surface area contributed by atoms with Crippen LogP contribution in [0.1, 0.15) is 29.3 Å². The predicted octanol–water partition coefficient (Wildman–Crippen LogP) is 2.00. The fourth-order valence-corrected chi connectivity index (χ4v) is 2.32. The van der Waals surface area contributed by atoms with Crippen LogP contribution in [0.2, 0.25) is 0 Å². The molecule has 1 aromatic rings. The van der Waals surface area contributed by atoms with E-state index in [-0.39, 0.29) is 5.78 Å². The van der Waals surface area contributed by atoms with Crippen LogP contribution in [0.15, 0.2) is 18.2 Å². The smallest absolute Gasteiger partial charge is 0.316 e. The van der Waals surface area contributed by atoms with Crippen molar-refractivity contribution in [2.24, 2.45) is 5.92 Å². The minimum absolute atomic E-state index is 0.159. The lowest BCUT2D eigenvalue weighted by Gasteiger charge is -2.23. The summed E-state index contributed by atoms with van der Waals surface area (Å²) in [5, 5.41) is 0. The van der Waals surface area contributed by atoms with Crippen LogP contribution in [0.4, 0.5) is 0 Å². The molecule has 4 nitrogen and oxygen atoms in total. The topological polar surface area (TPSA) is 52.6 Å². The molecule has 0 aromatic heterocycles. The average molecular weight is 248 g/mol. The zero-order chi connectivity index (χ0) is 13.1. The molecule has 96 valence electrons. The van der Waals surface area contributed by atoms with Gasteiger partial charge in [0.15, 0.2) is 5.78 Å². The Bertz CT molecular complexity index is 479. The molecule has 1 unspecified atom stereocenters. The normalized spacial score (nSPS) is 18.1. The molecule has 0 spiro atoms. The minimum Gasteiger partial charge on any atom is -0.496 e. The van der Waals surface area contributed by atoms with Crippen molar-refractivity contribution >= 4 is 11.8 Å². The minimum atomic E-state index is -0.662. The Morgan fingerprint density at radius 2 is 2.22 bits per heavy atom. The molecule has 0 fully saturated rings. The molecule has 1 aliphatic carbocycles. The lowest BCUT2D eigenvalue weighted by molar-refractivity contribution is -0.146. The molecule has 0 saturated heterocycles. The fraction of sp³-hybridized carbons (Fsp3) is 0.429. The summed E-state index contributed by atoms with van der Waals surface area (Å²) in [6.45, 7) is 2.04. The van der Waals surface area contributed by atoms with Crippen molar-refractivity contribution in [3.05, 3.63) is 29.3 Å². The lowest BCUT2D eigenvalue weighted by Crippen LogP contribution is -2.31. The maximum Gasteiger partial charge on any atom is 0.316 e. The molecule has 0 amide bonds. The SMILES string of the molecule is CCOC(=O)C1CCc2c(OC)cccc2C1=O. The van der Waals surface area contributed by atoms with Gasteiger partial charge in [0.1, 0.15) is 11.7 Å². The monoisotopic (exact) mass is 248 g/mol. The van der Waals surface area contributed by atoms with Crippen LogP contribution < -0.4 is 4.74 Å². The van der Waals surface area contributed by atoms with Crippen LogP contribution in [0, 0.1) is 5.92 Å². The van der Waals surface area contributed by atoms with Crippen molar-refractivity contribution in [3.8, 4) is 5.75 Å². The number of benzene rings is 1. The van der Waals surface area contributed by atoms with Gasteiger partial charge in [0.2, 0.25) is 0 Å². The van der Waals surface area contributed by atoms with E-state index in [1.807, 2.05) is 6.07 Å². The van der Waals surface area contributed by atoms with E-state index in [4.69, 9.17) is 9.47 Å². The first kappa shape index (κ1) is 12.6. The molecular formula is C14H16O4. The summed E-state index contributed by atoms with van der Waals surface area (Å²) >= 11 is 0. The van der Waals surface area contributed by atoms with E-state index in [0.717, 1.165) is 5.56 Å². The molecule has 0 saturated carbocycles. The zero-order valence-electron chi connectivity index (χ0n) is 10.6. The van der Waals surface area contributed by atoms with E-state index >= 15 is 0 Å². The second-order valence-corrected chi connectivity index (χ2v) is 4.19. The average Bonchev–Trinajstić information content (AvgIpc) is 2.39. The lowest BCUT2D eigenvalue weighted by atomic mass is 9.82. The highest BCUT2D eigenvalue weighted by Gasteiger charge is 2.34. The molecule has 1 aliphatic rings. The van der Waals surface area contributed by atoms with Gasteiger partial charge in [0.05, 0.1) is 13.7 Å². The van der Waals surface area contributed by atoms with E-state index in [1.54, 1.807) is 26.2 Å². The summed E-state index contributed by atoms with van der Waals surface area (Å²) in [7, 11) is 1.58. The van der Waals surface area contributed by atoms with E-state index in [2.05, 4.69) is 0 Å². The number of hydrogen-bond donors (Lipinski definition) is 0. The summed E-state index contributed by atoms with van der Waals surface area (Å²) in [6, 6.07) is 5.34. The molecule has 0 heterocycles. The standard InChI is InChI=1S/C14H16O4/c1-3-18-14(16)11-8-7-9-10(13(11)15)5-4-6-12(9)17-2/h4-6,11H,3,7-8H2,1-2H3. The van der Waals surface area contributed by atoms with Gasteiger partial charge in [-0.3, -0.25) is 9.59 Å². The number of carbonyl (C=O) groups excluding carboxylic acids is 2. The first-order valence-electron chi connectivity index (χ1n) is 6.05. The highest BCUT2D eigenvalue weighted by atomic mass is 16.5. The number of methoxy groups -OCH3 is 1. The van der Waals surface area contributed by atoms with Crippen molar-refractivity contribution < 1.29 is 19.1 Å². The van der Waals surface area contributed by atoms with Crippen LogP contribution in [-0.4, -0.2) is 25.5 Å². The fourth-order valence-electron chi connectivity index (χ4n) is 2.32. The van der Waals surface area contributed by atoms with E-state index < -0.39 is 11.9 Å². The number of esters is 1. The Morgan fingerprint density at radius 3 is 2.89 bits per heavy atom. The maximum absolute atomic E-state index is 12.2. The van der Waals surface area contributed by atoms with Gasteiger partial charge in [-0.2, -0.15) is 0 Å². The van der Waals surface area contributed by atoms with Gasteiger partial charge in [-0.25, -0.2) is 0 Å². The third kappa shape index (κ3) is 2.10. The predicted molar refractivity (Wildman–Crippen MR) is 65.8 cm³/mol. The van der Waals surface area contributed by atoms with Gasteiger partial charge in [-0.05, 0) is 25.8 Å². The second kappa shape index (κ2) is 5.21. The van der Waals surface area contributed by atoms with Crippen molar-refractivity contribution in [2.75, 3.05) is 13.7 Å². The molecule has 2 rings (SSSR count). The van der Waals surface area contributed by atoms with Crippen molar-refractivity contribution in [1.29, 1.82) is 0 Å². The molecule has 1 aromatic carbocycles. The van der Waals surface area contributed by atoms with Crippen molar-refractivity contribution in [1.82, 2.24) is 0 Å². The van der Waals surface area contributed by atoms with Gasteiger partial charge in [0.25, 0.3) is 0 Å². The third-order valence-electron chi connectivity index (χ3n) is 3.19. The third-order valence-corrected chi connectivity index (χ3v) is 3.19. The molecule has 18 heavy (non-hydrogen) atoms. The zero-order valence-corrected chi connectivity index (χ0v) is 10.6. The Morgan fingerprint density at radius 1 is 1.44 bits per heavy atom. The highest BCUT2D eigenvalue weighted by Crippen LogP contribution is 2.32. The number of ether oxygens (including phenoxy) is 2. The Labute approximate surface area is 106 Å². The molecule has 4 heteroatoms. The van der Waals surface area contributed by atoms with Crippen LogP contribution in [0.5, 0.6) is 5.75 Å². The number of ketones is 1. The van der Waals surface area contributed by atoms with Gasteiger partial charge in [-0.1, -0.05) is 12.1 Å². The van der Waals surface area contributed by atoms with Crippen LogP contribution in [0.25, 0.3) is 0 Å². The quantitative estimate of drug-likeness (QED) is 0.606. The summed E-state index contributed by atoms with van der Waals surface area (Å²) in [6.07, 6.45) is 1.15. The highest BCUT2D eigenvalue weighted by molar-refractivity contribution is 6.10. The second-order valence-electron chi connectivity index (χ2n) is 4.19. The summed E-state index contributed by atoms with van der Waals surface area (Å²) in [4.78, 5) is 23.9. The molecule has 0 N–H and O–H groups in total. The van der Waals surface area contributed by atoms with Crippen molar-refractivity contribution in [3.63, 3.8) is 0 Å². The van der Waals surface area contributed by atoms with Gasteiger partial charge in [0, 0.05) is 11.1 Å². The Balaban J connectivity index is 2.32. The number of hydrogen-bond acceptors (Lipinski definition) is 4. The largest absolute Gasteiger partial charge is 0.496 e. The number of fused-ring (bicyclic) bond motifs is 1. The van der Waals surface area contributed by atoms with Gasteiger partial charge < -0.3 is 9.47 Å². The molecule has 0 aliphatic heterocycles. The van der Waals surface area contributed by atoms with Crippen LogP contribution >= 0.6 is 0 Å². The first-order chi connectivity index (χ1) is 8.69. The van der Waals surface area contributed by atoms with Crippen molar-refractivity contribution in [2.45, 2.75) is 19.8 Å². The van der Waals surface area contributed by atoms with E-state index in [9.17, 15) is 9.59 Å². The van der Waals surface area contributed by atoms with Crippen LogP contribution in [-0.2, 0) is 16.0 Å². The van der Waals surface area contributed by atoms with Crippen LogP contribution in [0.3, 0.4) is 0 Å². The summed E-state index contributed by atoms with van der Waals surface area (Å²) in [5.74, 6) is -0.530. The van der Waals surface area contributed by atoms with E-state index in [0.29, 0.717) is 30.8 Å². The maximum atomic E-state index is 12.2. The van der Waals surface area contributed by atoms with Gasteiger partial charge >= 0.3 is 5.97 Å².